The number of nitrogen functional groups attached to an aromatic ring is 1. The van der Waals surface area contributed by atoms with Crippen LogP contribution in [0.25, 0.3) is 0 Å². The second kappa shape index (κ2) is 4.46. The van der Waals surface area contributed by atoms with Crippen molar-refractivity contribution in [3.05, 3.63) is 42.2 Å². The van der Waals surface area contributed by atoms with Gasteiger partial charge in [-0.3, -0.25) is 4.72 Å². The fourth-order valence-corrected chi connectivity index (χ4v) is 2.50. The Morgan fingerprint density at radius 1 is 1.29 bits per heavy atom. The van der Waals surface area contributed by atoms with Crippen LogP contribution in [-0.4, -0.2) is 13.6 Å². The van der Waals surface area contributed by atoms with Crippen molar-refractivity contribution >= 4 is 21.5 Å². The zero-order valence-electron chi connectivity index (χ0n) is 8.83. The molecule has 0 aliphatic rings. The minimum absolute atomic E-state index is 0.152. The summed E-state index contributed by atoms with van der Waals surface area (Å²) in [5.74, 6) is -0.0495. The maximum atomic E-state index is 11.8. The molecule has 6 nitrogen and oxygen atoms in total. The molecule has 2 rings (SSSR count). The zero-order valence-corrected chi connectivity index (χ0v) is 9.65. The van der Waals surface area contributed by atoms with Crippen molar-refractivity contribution in [2.24, 2.45) is 0 Å². The first-order valence-corrected chi connectivity index (χ1v) is 6.46. The van der Waals surface area contributed by atoms with Crippen LogP contribution in [0.4, 0.5) is 11.5 Å². The standard InChI is InChI=1S/C10H11N3O3S/c11-9-4-2-1-3-8(9)7-17(14,15)13-10-5-6-16-12-10/h1-6H,7,11H2,(H,12,13). The number of para-hydroxylation sites is 1. The lowest BCUT2D eigenvalue weighted by atomic mass is 10.2. The van der Waals surface area contributed by atoms with Crippen molar-refractivity contribution in [3.63, 3.8) is 0 Å². The maximum absolute atomic E-state index is 11.8. The van der Waals surface area contributed by atoms with Crippen LogP contribution in [0.3, 0.4) is 0 Å². The van der Waals surface area contributed by atoms with Gasteiger partial charge in [-0.2, -0.15) is 0 Å². The van der Waals surface area contributed by atoms with Gasteiger partial charge < -0.3 is 10.3 Å². The van der Waals surface area contributed by atoms with Crippen LogP contribution < -0.4 is 10.5 Å². The summed E-state index contributed by atoms with van der Waals surface area (Å²) in [5, 5.41) is 3.47. The second-order valence-electron chi connectivity index (χ2n) is 3.44. The molecule has 7 heteroatoms. The Hall–Kier alpha value is -2.02. The van der Waals surface area contributed by atoms with Gasteiger partial charge in [-0.25, -0.2) is 8.42 Å². The summed E-state index contributed by atoms with van der Waals surface area (Å²) in [7, 11) is -3.53. The lowest BCUT2D eigenvalue weighted by Gasteiger charge is -2.07. The second-order valence-corrected chi connectivity index (χ2v) is 5.17. The molecule has 0 saturated heterocycles. The van der Waals surface area contributed by atoms with Gasteiger partial charge >= 0.3 is 0 Å². The Labute approximate surface area is 98.5 Å². The van der Waals surface area contributed by atoms with E-state index in [1.54, 1.807) is 24.3 Å². The van der Waals surface area contributed by atoms with Gasteiger partial charge in [0.15, 0.2) is 5.82 Å². The van der Waals surface area contributed by atoms with E-state index in [9.17, 15) is 8.42 Å². The molecule has 1 aromatic carbocycles. The molecular weight excluding hydrogens is 242 g/mol. The molecule has 0 fully saturated rings. The number of nitrogens with two attached hydrogens (primary N) is 1. The average Bonchev–Trinajstić information content (AvgIpc) is 2.73. The summed E-state index contributed by atoms with van der Waals surface area (Å²) in [4.78, 5) is 0. The first-order valence-electron chi connectivity index (χ1n) is 4.81. The minimum atomic E-state index is -3.53. The molecule has 90 valence electrons. The summed E-state index contributed by atoms with van der Waals surface area (Å²) in [5.41, 5.74) is 6.66. The van der Waals surface area contributed by atoms with Crippen LogP contribution in [0.5, 0.6) is 0 Å². The predicted molar refractivity (Wildman–Crippen MR) is 63.6 cm³/mol. The van der Waals surface area contributed by atoms with Crippen LogP contribution in [0.15, 0.2) is 41.1 Å². The third-order valence-corrected chi connectivity index (χ3v) is 3.31. The zero-order chi connectivity index (χ0) is 12.3. The van der Waals surface area contributed by atoms with Gasteiger partial charge in [0.1, 0.15) is 6.26 Å². The topological polar surface area (TPSA) is 98.2 Å². The number of hydrogen-bond acceptors (Lipinski definition) is 5. The third-order valence-electron chi connectivity index (χ3n) is 2.10. The van der Waals surface area contributed by atoms with Crippen LogP contribution in [0.1, 0.15) is 5.56 Å². The van der Waals surface area contributed by atoms with E-state index in [2.05, 4.69) is 14.4 Å². The number of hydrogen-bond donors (Lipinski definition) is 2. The molecule has 0 aliphatic heterocycles. The number of benzene rings is 1. The normalized spacial score (nSPS) is 11.3. The van der Waals surface area contributed by atoms with Crippen LogP contribution in [-0.2, 0) is 15.8 Å². The van der Waals surface area contributed by atoms with E-state index in [1.165, 1.54) is 12.3 Å². The van der Waals surface area contributed by atoms with E-state index < -0.39 is 10.0 Å². The fourth-order valence-electron chi connectivity index (χ4n) is 1.33. The lowest BCUT2D eigenvalue weighted by Crippen LogP contribution is -2.16. The molecule has 0 amide bonds. The Balaban J connectivity index is 2.16. The highest BCUT2D eigenvalue weighted by Crippen LogP contribution is 2.15. The van der Waals surface area contributed by atoms with E-state index >= 15 is 0 Å². The van der Waals surface area contributed by atoms with Crippen LogP contribution in [0.2, 0.25) is 0 Å². The highest BCUT2D eigenvalue weighted by molar-refractivity contribution is 7.91. The van der Waals surface area contributed by atoms with Crippen molar-refractivity contribution in [3.8, 4) is 0 Å². The predicted octanol–water partition coefficient (Wildman–Crippen LogP) is 1.20. The number of nitrogens with one attached hydrogen (secondary N) is 1. The van der Waals surface area contributed by atoms with Gasteiger partial charge in [-0.15, -0.1) is 0 Å². The van der Waals surface area contributed by atoms with Crippen molar-refractivity contribution < 1.29 is 12.9 Å². The molecule has 17 heavy (non-hydrogen) atoms. The molecule has 1 heterocycles. The summed E-state index contributed by atoms with van der Waals surface area (Å²) >= 11 is 0. The van der Waals surface area contributed by atoms with Gasteiger partial charge in [0.25, 0.3) is 0 Å². The van der Waals surface area contributed by atoms with Gasteiger partial charge in [0.2, 0.25) is 10.0 Å². The van der Waals surface area contributed by atoms with E-state index in [0.29, 0.717) is 11.3 Å². The van der Waals surface area contributed by atoms with Gasteiger partial charge in [-0.05, 0) is 11.6 Å². The SMILES string of the molecule is Nc1ccccc1CS(=O)(=O)Nc1ccon1. The third kappa shape index (κ3) is 2.97. The van der Waals surface area contributed by atoms with Crippen molar-refractivity contribution in [2.75, 3.05) is 10.5 Å². The van der Waals surface area contributed by atoms with E-state index in [4.69, 9.17) is 5.73 Å². The molecule has 3 N–H and O–H groups in total. The Kier molecular flexibility index (Phi) is 3.01. The van der Waals surface area contributed by atoms with Crippen LogP contribution >= 0.6 is 0 Å². The number of aromatic nitrogens is 1. The number of anilines is 2. The summed E-state index contributed by atoms with van der Waals surface area (Å²) in [6, 6.07) is 8.22. The van der Waals surface area contributed by atoms with Crippen molar-refractivity contribution in [2.45, 2.75) is 5.75 Å². The van der Waals surface area contributed by atoms with Crippen LogP contribution in [0, 0.1) is 0 Å². The van der Waals surface area contributed by atoms with Crippen molar-refractivity contribution in [1.29, 1.82) is 0 Å². The monoisotopic (exact) mass is 253 g/mol. The molecule has 0 spiro atoms. The molecule has 0 bridgehead atoms. The van der Waals surface area contributed by atoms with E-state index in [-0.39, 0.29) is 11.6 Å². The van der Waals surface area contributed by atoms with E-state index in [1.807, 2.05) is 0 Å². The van der Waals surface area contributed by atoms with Gasteiger partial charge in [0.05, 0.1) is 5.75 Å². The Morgan fingerprint density at radius 3 is 2.71 bits per heavy atom. The van der Waals surface area contributed by atoms with Gasteiger partial charge in [0, 0.05) is 11.8 Å². The maximum Gasteiger partial charge on any atom is 0.238 e. The highest BCUT2D eigenvalue weighted by atomic mass is 32.2. The average molecular weight is 253 g/mol. The molecule has 0 aliphatic carbocycles. The minimum Gasteiger partial charge on any atom is -0.398 e. The molecule has 0 atom stereocenters. The Bertz CT molecular complexity index is 593. The summed E-state index contributed by atoms with van der Waals surface area (Å²) < 4.78 is 30.4. The molecule has 1 aromatic heterocycles. The number of rotatable bonds is 4. The fraction of sp³-hybridized carbons (Fsp3) is 0.100. The smallest absolute Gasteiger partial charge is 0.238 e. The van der Waals surface area contributed by atoms with Crippen molar-refractivity contribution in [1.82, 2.24) is 5.16 Å². The number of nitrogens with zero attached hydrogens (tertiary/aromatic N) is 1. The highest BCUT2D eigenvalue weighted by Gasteiger charge is 2.14. The number of sulfonamides is 1. The summed E-state index contributed by atoms with van der Waals surface area (Å²) in [6.07, 6.45) is 1.29. The molecular formula is C10H11N3O3S. The molecule has 2 aromatic rings. The molecule has 0 radical (unpaired) electrons. The quantitative estimate of drug-likeness (QED) is 0.798. The lowest BCUT2D eigenvalue weighted by molar-refractivity contribution is 0.423. The first-order chi connectivity index (χ1) is 8.07. The van der Waals surface area contributed by atoms with E-state index in [0.717, 1.165) is 0 Å². The first kappa shape index (κ1) is 11.5. The summed E-state index contributed by atoms with van der Waals surface area (Å²) in [6.45, 7) is 0. The molecule has 0 unspecified atom stereocenters. The Morgan fingerprint density at radius 2 is 2.06 bits per heavy atom. The molecule has 0 saturated carbocycles. The largest absolute Gasteiger partial charge is 0.398 e. The van der Waals surface area contributed by atoms with Gasteiger partial charge in [-0.1, -0.05) is 23.4 Å².